The number of carboxylic acid groups (broad SMARTS) is 1. The molecule has 21 heavy (non-hydrogen) atoms. The van der Waals surface area contributed by atoms with Crippen molar-refractivity contribution in [3.8, 4) is 0 Å². The van der Waals surface area contributed by atoms with E-state index in [0.717, 1.165) is 6.07 Å². The Morgan fingerprint density at radius 2 is 2.10 bits per heavy atom. The van der Waals surface area contributed by atoms with Gasteiger partial charge >= 0.3 is 5.97 Å². The molecule has 0 amide bonds. The zero-order valence-corrected chi connectivity index (χ0v) is 13.0. The Kier molecular flexibility index (Phi) is 6.11. The number of ether oxygens (including phenoxy) is 1. The average molecular weight is 338 g/mol. The van der Waals surface area contributed by atoms with Gasteiger partial charge in [0.2, 0.25) is 10.0 Å². The molecule has 0 aromatic heterocycles. The molecule has 1 atom stereocenters. The summed E-state index contributed by atoms with van der Waals surface area (Å²) in [7, 11) is -2.68. The molecule has 1 aromatic carbocycles. The second-order valence-electron chi connectivity index (χ2n) is 4.34. The van der Waals surface area contributed by atoms with Gasteiger partial charge in [-0.3, -0.25) is 0 Å². The molecule has 3 N–H and O–H groups in total. The Labute approximate surface area is 127 Å². The van der Waals surface area contributed by atoms with E-state index in [4.69, 9.17) is 26.6 Å². The number of aliphatic hydroxyl groups excluding tert-OH is 1. The number of hydrogen-bond acceptors (Lipinski definition) is 5. The molecule has 0 heterocycles. The van der Waals surface area contributed by atoms with Crippen LogP contribution in [0.1, 0.15) is 15.9 Å². The zero-order valence-electron chi connectivity index (χ0n) is 11.5. The largest absolute Gasteiger partial charge is 0.478 e. The second-order valence-corrected chi connectivity index (χ2v) is 6.46. The molecule has 0 saturated heterocycles. The number of benzene rings is 1. The van der Waals surface area contributed by atoms with E-state index in [0.29, 0.717) is 0 Å². The molecule has 118 valence electrons. The van der Waals surface area contributed by atoms with Crippen molar-refractivity contribution in [2.75, 3.05) is 20.3 Å². The van der Waals surface area contributed by atoms with Crippen molar-refractivity contribution in [2.24, 2.45) is 0 Å². The van der Waals surface area contributed by atoms with Crippen molar-refractivity contribution in [2.45, 2.75) is 17.9 Å². The number of aliphatic hydroxyl groups is 1. The van der Waals surface area contributed by atoms with Gasteiger partial charge in [0.1, 0.15) is 0 Å². The smallest absolute Gasteiger partial charge is 0.336 e. The quantitative estimate of drug-likeness (QED) is 0.672. The van der Waals surface area contributed by atoms with Crippen LogP contribution in [0.4, 0.5) is 0 Å². The first-order valence-electron chi connectivity index (χ1n) is 5.88. The van der Waals surface area contributed by atoms with Crippen molar-refractivity contribution in [1.29, 1.82) is 0 Å². The number of rotatable bonds is 7. The SMILES string of the molecule is COCC(CO)NS(=O)(=O)c1cc(Cl)cc(C(=O)O)c1C. The van der Waals surface area contributed by atoms with E-state index in [1.165, 1.54) is 20.1 Å². The van der Waals surface area contributed by atoms with Crippen molar-refractivity contribution in [3.63, 3.8) is 0 Å². The minimum absolute atomic E-state index is 0.00864. The van der Waals surface area contributed by atoms with Crippen molar-refractivity contribution < 1.29 is 28.2 Å². The highest BCUT2D eigenvalue weighted by Gasteiger charge is 2.25. The van der Waals surface area contributed by atoms with Gasteiger partial charge in [0, 0.05) is 12.1 Å². The van der Waals surface area contributed by atoms with Crippen LogP contribution in [-0.4, -0.2) is 51.0 Å². The van der Waals surface area contributed by atoms with Gasteiger partial charge in [0.05, 0.1) is 29.7 Å². The highest BCUT2D eigenvalue weighted by Crippen LogP contribution is 2.24. The number of carbonyl (C=O) groups is 1. The fraction of sp³-hybridized carbons (Fsp3) is 0.417. The number of carboxylic acids is 1. The molecule has 0 aliphatic rings. The highest BCUT2D eigenvalue weighted by atomic mass is 35.5. The molecular weight excluding hydrogens is 322 g/mol. The zero-order chi connectivity index (χ0) is 16.2. The molecule has 0 fully saturated rings. The van der Waals surface area contributed by atoms with Crippen LogP contribution in [0.2, 0.25) is 5.02 Å². The van der Waals surface area contributed by atoms with Crippen molar-refractivity contribution in [3.05, 3.63) is 28.3 Å². The predicted octanol–water partition coefficient (Wildman–Crippen LogP) is 0.632. The van der Waals surface area contributed by atoms with Crippen LogP contribution >= 0.6 is 11.6 Å². The summed E-state index contributed by atoms with van der Waals surface area (Å²) in [6.45, 7) is 0.887. The lowest BCUT2D eigenvalue weighted by molar-refractivity contribution is 0.0695. The number of hydrogen-bond donors (Lipinski definition) is 3. The summed E-state index contributed by atoms with van der Waals surface area (Å²) in [5.74, 6) is -1.28. The van der Waals surface area contributed by atoms with E-state index in [1.807, 2.05) is 0 Å². The van der Waals surface area contributed by atoms with Crippen LogP contribution < -0.4 is 4.72 Å². The van der Waals surface area contributed by atoms with Crippen LogP contribution in [0, 0.1) is 6.92 Å². The van der Waals surface area contributed by atoms with E-state index in [9.17, 15) is 13.2 Å². The predicted molar refractivity (Wildman–Crippen MR) is 76.2 cm³/mol. The average Bonchev–Trinajstić information content (AvgIpc) is 2.39. The standard InChI is InChI=1S/C12H16ClNO6S/c1-7-10(12(16)17)3-8(13)4-11(7)21(18,19)14-9(5-15)6-20-2/h3-4,9,14-15H,5-6H2,1-2H3,(H,16,17). The number of methoxy groups -OCH3 is 1. The fourth-order valence-electron chi connectivity index (χ4n) is 1.76. The summed E-state index contributed by atoms with van der Waals surface area (Å²) in [6, 6.07) is 1.50. The van der Waals surface area contributed by atoms with E-state index in [1.54, 1.807) is 0 Å². The highest BCUT2D eigenvalue weighted by molar-refractivity contribution is 7.89. The molecule has 1 aromatic rings. The molecule has 0 aliphatic carbocycles. The number of sulfonamides is 1. The van der Waals surface area contributed by atoms with Gasteiger partial charge in [-0.05, 0) is 24.6 Å². The summed E-state index contributed by atoms with van der Waals surface area (Å²) in [5.41, 5.74) is -0.135. The Balaban J connectivity index is 3.28. The molecule has 1 unspecified atom stereocenters. The monoisotopic (exact) mass is 337 g/mol. The van der Waals surface area contributed by atoms with E-state index in [2.05, 4.69) is 4.72 Å². The van der Waals surface area contributed by atoms with Crippen molar-refractivity contribution >= 4 is 27.6 Å². The second kappa shape index (κ2) is 7.19. The van der Waals surface area contributed by atoms with Gasteiger partial charge < -0.3 is 14.9 Å². The van der Waals surface area contributed by atoms with Gasteiger partial charge in [0.25, 0.3) is 0 Å². The number of nitrogens with one attached hydrogen (secondary N) is 1. The lowest BCUT2D eigenvalue weighted by Gasteiger charge is -2.17. The molecule has 0 spiro atoms. The summed E-state index contributed by atoms with van der Waals surface area (Å²) >= 11 is 5.77. The third-order valence-electron chi connectivity index (χ3n) is 2.75. The maximum absolute atomic E-state index is 12.3. The van der Waals surface area contributed by atoms with E-state index in [-0.39, 0.29) is 27.7 Å². The topological polar surface area (TPSA) is 113 Å². The minimum atomic E-state index is -4.04. The summed E-state index contributed by atoms with van der Waals surface area (Å²) in [6.07, 6.45) is 0. The van der Waals surface area contributed by atoms with Gasteiger partial charge in [-0.15, -0.1) is 0 Å². The molecule has 9 heteroatoms. The van der Waals surface area contributed by atoms with Gasteiger partial charge in [0.15, 0.2) is 0 Å². The van der Waals surface area contributed by atoms with Crippen LogP contribution in [0.3, 0.4) is 0 Å². The normalized spacial score (nSPS) is 13.1. The number of halogens is 1. The van der Waals surface area contributed by atoms with Crippen LogP contribution in [-0.2, 0) is 14.8 Å². The maximum atomic E-state index is 12.3. The molecule has 0 bridgehead atoms. The summed E-state index contributed by atoms with van der Waals surface area (Å²) < 4.78 is 31.6. The molecular formula is C12H16ClNO6S. The minimum Gasteiger partial charge on any atom is -0.478 e. The lowest BCUT2D eigenvalue weighted by atomic mass is 10.1. The molecule has 7 nitrogen and oxygen atoms in total. The Bertz CT molecular complexity index is 631. The first-order chi connectivity index (χ1) is 9.72. The van der Waals surface area contributed by atoms with E-state index < -0.39 is 28.6 Å². The number of aromatic carboxylic acids is 1. The first-order valence-corrected chi connectivity index (χ1v) is 7.74. The third kappa shape index (κ3) is 4.39. The molecule has 1 rings (SSSR count). The Morgan fingerprint density at radius 1 is 1.48 bits per heavy atom. The molecule has 0 radical (unpaired) electrons. The fourth-order valence-corrected chi connectivity index (χ4v) is 3.55. The Hall–Kier alpha value is -1.19. The third-order valence-corrected chi connectivity index (χ3v) is 4.62. The van der Waals surface area contributed by atoms with Gasteiger partial charge in [-0.25, -0.2) is 17.9 Å². The van der Waals surface area contributed by atoms with Crippen LogP contribution in [0.15, 0.2) is 17.0 Å². The maximum Gasteiger partial charge on any atom is 0.336 e. The van der Waals surface area contributed by atoms with Crippen LogP contribution in [0.25, 0.3) is 0 Å². The lowest BCUT2D eigenvalue weighted by Crippen LogP contribution is -2.40. The van der Waals surface area contributed by atoms with Crippen LogP contribution in [0.5, 0.6) is 0 Å². The summed E-state index contributed by atoms with van der Waals surface area (Å²) in [4.78, 5) is 10.9. The first kappa shape index (κ1) is 17.9. The van der Waals surface area contributed by atoms with Gasteiger partial charge in [-0.2, -0.15) is 0 Å². The molecule has 0 aliphatic heterocycles. The summed E-state index contributed by atoms with van der Waals surface area (Å²) in [5, 5.41) is 18.2. The van der Waals surface area contributed by atoms with E-state index >= 15 is 0 Å². The van der Waals surface area contributed by atoms with Gasteiger partial charge in [-0.1, -0.05) is 11.6 Å². The van der Waals surface area contributed by atoms with Crippen molar-refractivity contribution in [1.82, 2.24) is 4.72 Å². The Morgan fingerprint density at radius 3 is 2.57 bits per heavy atom. The molecule has 0 saturated carbocycles.